The summed E-state index contributed by atoms with van der Waals surface area (Å²) in [5.74, 6) is 0. The second kappa shape index (κ2) is 15.4. The van der Waals surface area contributed by atoms with Crippen LogP contribution < -0.4 is 0 Å². The number of hydrogen-bond donors (Lipinski definition) is 7. The molecule has 18 heavy (non-hydrogen) atoms. The first kappa shape index (κ1) is 23.4. The van der Waals surface area contributed by atoms with Gasteiger partial charge in [-0.15, -0.1) is 0 Å². The van der Waals surface area contributed by atoms with Crippen molar-refractivity contribution in [3.8, 4) is 0 Å². The third kappa shape index (κ3) is 29.9. The molecule has 0 aliphatic heterocycles. The molecule has 7 nitrogen and oxygen atoms in total. The Balaban J connectivity index is -0.000000187. The van der Waals surface area contributed by atoms with Crippen molar-refractivity contribution in [2.45, 2.75) is 30.1 Å². The van der Waals surface area contributed by atoms with Crippen LogP contribution in [0.15, 0.2) is 0 Å². The molecule has 9 heteroatoms. The fourth-order valence-corrected chi connectivity index (χ4v) is 0.115. The summed E-state index contributed by atoms with van der Waals surface area (Å²) < 4.78 is -1.51. The van der Waals surface area contributed by atoms with Crippen LogP contribution in [0, 0.1) is 0 Å². The van der Waals surface area contributed by atoms with E-state index < -0.39 is 16.7 Å². The summed E-state index contributed by atoms with van der Waals surface area (Å²) in [6.45, 7) is 0.236. The molecule has 0 aromatic heterocycles. The van der Waals surface area contributed by atoms with E-state index in [1.165, 1.54) is 0 Å². The van der Waals surface area contributed by atoms with E-state index in [2.05, 4.69) is 0 Å². The van der Waals surface area contributed by atoms with Gasteiger partial charge in [-0.05, 0) is 0 Å². The maximum absolute atomic E-state index is 8.36. The van der Waals surface area contributed by atoms with Crippen LogP contribution in [0.5, 0.6) is 0 Å². The minimum atomic E-state index is -1.51. The topological polar surface area (TPSA) is 142 Å². The molecule has 0 unspecified atom stereocenters. The van der Waals surface area contributed by atoms with Gasteiger partial charge in [0.25, 0.3) is 0 Å². The third-order valence-electron chi connectivity index (χ3n) is 1.27. The maximum atomic E-state index is 8.36. The van der Waals surface area contributed by atoms with Gasteiger partial charge < -0.3 is 35.7 Å². The van der Waals surface area contributed by atoms with Crippen LogP contribution >= 0.6 is 23.2 Å². The molecule has 0 bridgehead atoms. The van der Waals surface area contributed by atoms with Gasteiger partial charge in [0, 0.05) is 6.42 Å². The molecule has 114 valence electrons. The van der Waals surface area contributed by atoms with Gasteiger partial charge in [0.15, 0.2) is 0 Å². The van der Waals surface area contributed by atoms with Crippen LogP contribution in [0.4, 0.5) is 0 Å². The molecule has 0 amide bonds. The highest BCUT2D eigenvalue weighted by Gasteiger charge is 2.13. The summed E-state index contributed by atoms with van der Waals surface area (Å²) in [6, 6.07) is 0. The Bertz CT molecular complexity index is 136. The summed E-state index contributed by atoms with van der Waals surface area (Å²) in [5, 5.41) is 56.4. The molecule has 0 aliphatic rings. The Labute approximate surface area is 116 Å². The van der Waals surface area contributed by atoms with Crippen LogP contribution in [-0.4, -0.2) is 78.9 Å². The lowest BCUT2D eigenvalue weighted by molar-refractivity contribution is 0.0450. The lowest BCUT2D eigenvalue weighted by Crippen LogP contribution is -2.15. The van der Waals surface area contributed by atoms with E-state index in [-0.39, 0.29) is 26.4 Å². The summed E-state index contributed by atoms with van der Waals surface area (Å²) in [4.78, 5) is 0. The third-order valence-corrected chi connectivity index (χ3v) is 1.80. The number of rotatable bonds is 5. The molecule has 0 atom stereocenters. The number of aliphatic hydroxyl groups is 7. The number of alkyl halides is 2. The van der Waals surface area contributed by atoms with Gasteiger partial charge in [-0.3, -0.25) is 0 Å². The molecule has 0 aromatic rings. The Morgan fingerprint density at radius 2 is 1.00 bits per heavy atom. The van der Waals surface area contributed by atoms with Crippen LogP contribution in [0.25, 0.3) is 0 Å². The summed E-state index contributed by atoms with van der Waals surface area (Å²) >= 11 is 10.1. The van der Waals surface area contributed by atoms with Crippen LogP contribution in [0.2, 0.25) is 0 Å². The van der Waals surface area contributed by atoms with Crippen molar-refractivity contribution >= 4 is 23.2 Å². The zero-order valence-corrected chi connectivity index (χ0v) is 11.6. The second-order valence-electron chi connectivity index (χ2n) is 3.06. The van der Waals surface area contributed by atoms with Gasteiger partial charge in [0.05, 0.1) is 26.4 Å². The van der Waals surface area contributed by atoms with E-state index in [9.17, 15) is 0 Å². The molecule has 0 rings (SSSR count). The predicted molar refractivity (Wildman–Crippen MR) is 67.3 cm³/mol. The molecule has 0 aromatic carbocycles. The van der Waals surface area contributed by atoms with E-state index in [1.807, 2.05) is 0 Å². The summed E-state index contributed by atoms with van der Waals surface area (Å²) in [6.07, 6.45) is -1.55. The molecular formula is C9H22Cl2O7. The molecule has 0 heterocycles. The van der Waals surface area contributed by atoms with E-state index in [1.54, 1.807) is 6.92 Å². The zero-order valence-electron chi connectivity index (χ0n) is 10.1. The number of hydrogen-bond acceptors (Lipinski definition) is 7. The molecule has 0 spiro atoms. The minimum absolute atomic E-state index is 0.357. The summed E-state index contributed by atoms with van der Waals surface area (Å²) in [7, 11) is 0. The van der Waals surface area contributed by atoms with Gasteiger partial charge in [0.1, 0.15) is 12.2 Å². The van der Waals surface area contributed by atoms with Crippen LogP contribution in [0.1, 0.15) is 13.3 Å². The van der Waals surface area contributed by atoms with Crippen molar-refractivity contribution in [2.24, 2.45) is 0 Å². The number of halogens is 2. The lowest BCUT2D eigenvalue weighted by atomic mass is 10.4. The molecule has 0 radical (unpaired) electrons. The Morgan fingerprint density at radius 1 is 0.833 bits per heavy atom. The van der Waals surface area contributed by atoms with Gasteiger partial charge in [0.2, 0.25) is 4.52 Å². The maximum Gasteiger partial charge on any atom is 0.214 e. The van der Waals surface area contributed by atoms with Crippen molar-refractivity contribution in [3.63, 3.8) is 0 Å². The quantitative estimate of drug-likeness (QED) is 0.296. The van der Waals surface area contributed by atoms with Gasteiger partial charge in [-0.25, -0.2) is 0 Å². The molecular weight excluding hydrogens is 291 g/mol. The van der Waals surface area contributed by atoms with Gasteiger partial charge in [-0.2, -0.15) is 0 Å². The van der Waals surface area contributed by atoms with Gasteiger partial charge >= 0.3 is 0 Å². The SMILES string of the molecule is CCC(O)(Cl)Cl.OCC(O)CO.OCC(O)CO. The second-order valence-corrected chi connectivity index (χ2v) is 4.50. The smallest absolute Gasteiger partial charge is 0.214 e. The number of aliphatic hydroxyl groups excluding tert-OH is 6. The highest BCUT2D eigenvalue weighted by molar-refractivity contribution is 6.46. The minimum Gasteiger partial charge on any atom is -0.394 e. The zero-order chi connectivity index (χ0) is 15.2. The first-order valence-corrected chi connectivity index (χ1v) is 5.83. The first-order valence-electron chi connectivity index (χ1n) is 5.08. The predicted octanol–water partition coefficient (Wildman–Crippen LogP) is -1.82. The van der Waals surface area contributed by atoms with Crippen molar-refractivity contribution < 1.29 is 35.7 Å². The average molecular weight is 313 g/mol. The van der Waals surface area contributed by atoms with Crippen LogP contribution in [-0.2, 0) is 0 Å². The molecule has 0 fully saturated rings. The fraction of sp³-hybridized carbons (Fsp3) is 1.00. The fourth-order valence-electron chi connectivity index (χ4n) is 0.115. The molecule has 7 N–H and O–H groups in total. The summed E-state index contributed by atoms with van der Waals surface area (Å²) in [5.41, 5.74) is 0. The van der Waals surface area contributed by atoms with E-state index in [4.69, 9.17) is 58.9 Å². The van der Waals surface area contributed by atoms with Gasteiger partial charge in [-0.1, -0.05) is 30.1 Å². The van der Waals surface area contributed by atoms with E-state index >= 15 is 0 Å². The van der Waals surface area contributed by atoms with Crippen molar-refractivity contribution in [3.05, 3.63) is 0 Å². The normalized spacial score (nSPS) is 10.7. The highest BCUT2D eigenvalue weighted by Crippen LogP contribution is 2.19. The van der Waals surface area contributed by atoms with E-state index in [0.29, 0.717) is 6.42 Å². The first-order chi connectivity index (χ1) is 8.18. The highest BCUT2D eigenvalue weighted by atomic mass is 35.5. The molecule has 0 aliphatic carbocycles. The van der Waals surface area contributed by atoms with Crippen molar-refractivity contribution in [1.82, 2.24) is 0 Å². The van der Waals surface area contributed by atoms with Crippen LogP contribution in [0.3, 0.4) is 0 Å². The molecule has 0 saturated carbocycles. The van der Waals surface area contributed by atoms with E-state index in [0.717, 1.165) is 0 Å². The monoisotopic (exact) mass is 312 g/mol. The lowest BCUT2D eigenvalue weighted by Gasteiger charge is -2.04. The Kier molecular flexibility index (Phi) is 20.0. The van der Waals surface area contributed by atoms with Crippen molar-refractivity contribution in [1.29, 1.82) is 0 Å². The Morgan fingerprint density at radius 3 is 1.00 bits per heavy atom. The largest absolute Gasteiger partial charge is 0.394 e. The Hall–Kier alpha value is 0.300. The standard InChI is InChI=1S/C3H6Cl2O.2C3H8O3/c1-2-3(4,5)6;2*4-1-3(6)2-5/h6H,2H2,1H3;2*3-6H,1-2H2. The average Bonchev–Trinajstić information content (AvgIpc) is 2.37. The molecule has 0 saturated heterocycles. The van der Waals surface area contributed by atoms with Crippen molar-refractivity contribution in [2.75, 3.05) is 26.4 Å².